The average molecular weight is 272 g/mol. The van der Waals surface area contributed by atoms with Gasteiger partial charge in [0.2, 0.25) is 0 Å². The van der Waals surface area contributed by atoms with E-state index in [0.29, 0.717) is 0 Å². The molecule has 0 rings (SSSR count). The fourth-order valence-corrected chi connectivity index (χ4v) is 0.276. The third kappa shape index (κ3) is 11.3. The second-order valence-electron chi connectivity index (χ2n) is 1.39. The summed E-state index contributed by atoms with van der Waals surface area (Å²) in [5, 5.41) is 18.1. The van der Waals surface area contributed by atoms with Crippen molar-refractivity contribution in [2.45, 2.75) is 0 Å². The molecule has 6 heteroatoms. The van der Waals surface area contributed by atoms with Gasteiger partial charge in [0.15, 0.2) is 0 Å². The Morgan fingerprint density at radius 1 is 1.10 bits per heavy atom. The molecular formula is C4H9BaNO4. The molecule has 0 radical (unpaired) electrons. The zero-order chi connectivity index (χ0) is 7.28. The molecule has 5 nitrogen and oxygen atoms in total. The van der Waals surface area contributed by atoms with Crippen LogP contribution in [0.25, 0.3) is 0 Å². The van der Waals surface area contributed by atoms with E-state index in [1.54, 1.807) is 0 Å². The summed E-state index contributed by atoms with van der Waals surface area (Å²) in [6, 6.07) is 0. The van der Waals surface area contributed by atoms with Crippen LogP contribution >= 0.6 is 0 Å². The molecule has 10 heavy (non-hydrogen) atoms. The zero-order valence-electron chi connectivity index (χ0n) is 4.63. The molecule has 0 aliphatic heterocycles. The van der Waals surface area contributed by atoms with Crippen molar-refractivity contribution >= 4 is 60.8 Å². The van der Waals surface area contributed by atoms with E-state index >= 15 is 0 Å². The minimum atomic E-state index is -1.06. The molecule has 3 N–H and O–H groups in total. The monoisotopic (exact) mass is 273 g/mol. The summed E-state index contributed by atoms with van der Waals surface area (Å²) in [6.07, 6.45) is 0. The fourth-order valence-electron chi connectivity index (χ4n) is 0.276. The topological polar surface area (TPSA) is 86.6 Å². The van der Waals surface area contributed by atoms with Crippen LogP contribution in [0.3, 0.4) is 0 Å². The van der Waals surface area contributed by atoms with Gasteiger partial charge in [-0.15, -0.1) is 0 Å². The number of carboxylic acid groups (broad SMARTS) is 2. The van der Waals surface area contributed by atoms with Gasteiger partial charge < -0.3 is 10.2 Å². The van der Waals surface area contributed by atoms with Crippen molar-refractivity contribution in [2.24, 2.45) is 0 Å². The van der Waals surface area contributed by atoms with Gasteiger partial charge in [0, 0.05) is 0 Å². The number of hydrogen-bond donors (Lipinski definition) is 3. The van der Waals surface area contributed by atoms with Gasteiger partial charge in [-0.3, -0.25) is 14.9 Å². The SMILES string of the molecule is O=C(O)CNCC(=O)O.[BaH2]. The van der Waals surface area contributed by atoms with Crippen LogP contribution < -0.4 is 5.32 Å². The first-order valence-corrected chi connectivity index (χ1v) is 2.27. The first-order chi connectivity index (χ1) is 4.13. The van der Waals surface area contributed by atoms with E-state index in [0.717, 1.165) is 0 Å². The van der Waals surface area contributed by atoms with Gasteiger partial charge in [-0.05, 0) is 0 Å². The van der Waals surface area contributed by atoms with E-state index < -0.39 is 11.9 Å². The van der Waals surface area contributed by atoms with Crippen LogP contribution in [-0.4, -0.2) is 84.1 Å². The van der Waals surface area contributed by atoms with Crippen molar-refractivity contribution in [3.63, 3.8) is 0 Å². The summed E-state index contributed by atoms with van der Waals surface area (Å²) in [5.74, 6) is -2.12. The van der Waals surface area contributed by atoms with Gasteiger partial charge >= 0.3 is 60.8 Å². The average Bonchev–Trinajstić information content (AvgIpc) is 1.63. The molecular weight excluding hydrogens is 263 g/mol. The molecule has 0 atom stereocenters. The second kappa shape index (κ2) is 7.58. The normalized spacial score (nSPS) is 8.00. The molecule has 56 valence electrons. The quantitative estimate of drug-likeness (QED) is 0.507. The Morgan fingerprint density at radius 2 is 1.40 bits per heavy atom. The van der Waals surface area contributed by atoms with E-state index in [-0.39, 0.29) is 62.0 Å². The van der Waals surface area contributed by atoms with Crippen LogP contribution in [0.4, 0.5) is 0 Å². The Bertz CT molecular complexity index is 112. The van der Waals surface area contributed by atoms with Crippen LogP contribution in [-0.2, 0) is 9.59 Å². The second-order valence-corrected chi connectivity index (χ2v) is 1.39. The number of aliphatic carboxylic acids is 2. The summed E-state index contributed by atoms with van der Waals surface area (Å²) >= 11 is 0. The molecule has 0 aromatic heterocycles. The first-order valence-electron chi connectivity index (χ1n) is 2.27. The maximum atomic E-state index is 9.73. The van der Waals surface area contributed by atoms with E-state index in [1.807, 2.05) is 0 Å². The predicted molar refractivity (Wildman–Crippen MR) is 36.7 cm³/mol. The first kappa shape index (κ1) is 13.1. The summed E-state index contributed by atoms with van der Waals surface area (Å²) < 4.78 is 0. The van der Waals surface area contributed by atoms with Gasteiger partial charge in [0.25, 0.3) is 0 Å². The number of carboxylic acids is 2. The Morgan fingerprint density at radius 3 is 1.60 bits per heavy atom. The van der Waals surface area contributed by atoms with E-state index in [4.69, 9.17) is 10.2 Å². The molecule has 0 aromatic rings. The van der Waals surface area contributed by atoms with Crippen molar-refractivity contribution in [1.82, 2.24) is 5.32 Å². The van der Waals surface area contributed by atoms with Gasteiger partial charge in [-0.2, -0.15) is 0 Å². The Labute approximate surface area is 97.9 Å². The molecule has 0 spiro atoms. The van der Waals surface area contributed by atoms with Crippen molar-refractivity contribution < 1.29 is 19.8 Å². The Balaban J connectivity index is 0. The fraction of sp³-hybridized carbons (Fsp3) is 0.500. The van der Waals surface area contributed by atoms with Crippen LogP contribution in [0.15, 0.2) is 0 Å². The van der Waals surface area contributed by atoms with Crippen molar-refractivity contribution in [2.75, 3.05) is 13.1 Å². The third-order valence-electron chi connectivity index (χ3n) is 0.552. The predicted octanol–water partition coefficient (Wildman–Crippen LogP) is -2.17. The Hall–Kier alpha value is 0.471. The summed E-state index contributed by atoms with van der Waals surface area (Å²) in [5.41, 5.74) is 0. The van der Waals surface area contributed by atoms with E-state index in [1.165, 1.54) is 0 Å². The molecule has 0 fully saturated rings. The van der Waals surface area contributed by atoms with E-state index in [2.05, 4.69) is 5.32 Å². The standard InChI is InChI=1S/C4H7NO4.Ba.2H/c6-3(7)1-5-2-4(8)9;;;/h5H,1-2H2,(H,6,7)(H,8,9);;;. The van der Waals surface area contributed by atoms with Crippen LogP contribution in [0.1, 0.15) is 0 Å². The molecule has 0 aliphatic carbocycles. The number of rotatable bonds is 4. The minimum absolute atomic E-state index is 0. The molecule has 0 unspecified atom stereocenters. The molecule has 0 aromatic carbocycles. The van der Waals surface area contributed by atoms with Gasteiger partial charge in [-0.25, -0.2) is 0 Å². The summed E-state index contributed by atoms with van der Waals surface area (Å²) in [6.45, 7) is -0.626. The molecule has 0 saturated heterocycles. The molecule has 0 bridgehead atoms. The number of nitrogens with one attached hydrogen (secondary N) is 1. The summed E-state index contributed by atoms with van der Waals surface area (Å²) in [7, 11) is 0. The van der Waals surface area contributed by atoms with Crippen LogP contribution in [0.2, 0.25) is 0 Å². The van der Waals surface area contributed by atoms with Gasteiger partial charge in [-0.1, -0.05) is 0 Å². The zero-order valence-corrected chi connectivity index (χ0v) is 4.63. The van der Waals surface area contributed by atoms with Crippen molar-refractivity contribution in [3.8, 4) is 0 Å². The van der Waals surface area contributed by atoms with Crippen molar-refractivity contribution in [3.05, 3.63) is 0 Å². The van der Waals surface area contributed by atoms with Crippen LogP contribution in [0, 0.1) is 0 Å². The third-order valence-corrected chi connectivity index (χ3v) is 0.552. The maximum absolute atomic E-state index is 9.73. The number of hydrogen-bond acceptors (Lipinski definition) is 3. The van der Waals surface area contributed by atoms with Gasteiger partial charge in [0.05, 0.1) is 13.1 Å². The Kier molecular flexibility index (Phi) is 9.92. The van der Waals surface area contributed by atoms with E-state index in [9.17, 15) is 9.59 Å². The van der Waals surface area contributed by atoms with Crippen molar-refractivity contribution in [1.29, 1.82) is 0 Å². The summed E-state index contributed by atoms with van der Waals surface area (Å²) in [4.78, 5) is 19.5. The molecule has 0 heterocycles. The van der Waals surface area contributed by atoms with Crippen LogP contribution in [0.5, 0.6) is 0 Å². The molecule has 0 amide bonds. The molecule has 0 aliphatic rings. The van der Waals surface area contributed by atoms with Gasteiger partial charge in [0.1, 0.15) is 0 Å². The molecule has 0 saturated carbocycles. The number of carbonyl (C=O) groups is 2.